The van der Waals surface area contributed by atoms with Crippen LogP contribution in [0.2, 0.25) is 0 Å². The molecule has 0 saturated carbocycles. The van der Waals surface area contributed by atoms with Gasteiger partial charge in [0.05, 0.1) is 0 Å². The first-order chi connectivity index (χ1) is 9.67. The maximum Gasteiger partial charge on any atom is 0.141 e. The van der Waals surface area contributed by atoms with Gasteiger partial charge in [0.2, 0.25) is 0 Å². The van der Waals surface area contributed by atoms with E-state index in [1.165, 1.54) is 18.4 Å². The molecule has 1 aromatic rings. The van der Waals surface area contributed by atoms with E-state index >= 15 is 0 Å². The van der Waals surface area contributed by atoms with Gasteiger partial charge in [-0.05, 0) is 31.7 Å². The molecule has 0 radical (unpaired) electrons. The molecule has 0 aliphatic carbocycles. The number of nitrogens with two attached hydrogens (primary N) is 1. The van der Waals surface area contributed by atoms with Crippen molar-refractivity contribution in [3.05, 3.63) is 35.9 Å². The highest BCUT2D eigenvalue weighted by molar-refractivity contribution is 5.80. The van der Waals surface area contributed by atoms with Crippen LogP contribution in [0.15, 0.2) is 35.5 Å². The van der Waals surface area contributed by atoms with Gasteiger partial charge in [0, 0.05) is 24.5 Å². The number of oxime groups is 1. The summed E-state index contributed by atoms with van der Waals surface area (Å²) in [6.45, 7) is 4.51. The molecule has 3 unspecified atom stereocenters. The monoisotopic (exact) mass is 275 g/mol. The molecule has 0 amide bonds. The maximum absolute atomic E-state index is 8.91. The van der Waals surface area contributed by atoms with Gasteiger partial charge in [0.25, 0.3) is 0 Å². The Kier molecular flexibility index (Phi) is 5.01. The number of nitrogens with zero attached hydrogens (tertiary/aromatic N) is 2. The first-order valence-electron chi connectivity index (χ1n) is 7.46. The van der Waals surface area contributed by atoms with Gasteiger partial charge in [0.1, 0.15) is 5.84 Å². The number of hydrogen-bond acceptors (Lipinski definition) is 3. The molecule has 1 aliphatic heterocycles. The Hall–Kier alpha value is -1.55. The number of likely N-dealkylation sites (tertiary alicyclic amines) is 1. The highest BCUT2D eigenvalue weighted by Gasteiger charge is 2.35. The first kappa shape index (κ1) is 14.9. The average Bonchev–Trinajstić information content (AvgIpc) is 2.86. The summed E-state index contributed by atoms with van der Waals surface area (Å²) in [6, 6.07) is 11.7. The summed E-state index contributed by atoms with van der Waals surface area (Å²) in [5.74, 6) is 0.299. The largest absolute Gasteiger partial charge is 0.409 e. The van der Waals surface area contributed by atoms with Crippen LogP contribution in [0.5, 0.6) is 0 Å². The third-order valence-electron chi connectivity index (χ3n) is 4.39. The molecule has 0 bridgehead atoms. The Morgan fingerprint density at radius 1 is 1.40 bits per heavy atom. The molecule has 0 aromatic heterocycles. The SMILES string of the molecule is CCC1CCC(C)N1C(C/C(N)=N/O)c1ccccc1. The summed E-state index contributed by atoms with van der Waals surface area (Å²) >= 11 is 0. The van der Waals surface area contributed by atoms with Crippen LogP contribution in [0, 0.1) is 0 Å². The third-order valence-corrected chi connectivity index (χ3v) is 4.39. The lowest BCUT2D eigenvalue weighted by Gasteiger charge is -2.36. The molecule has 4 heteroatoms. The summed E-state index contributed by atoms with van der Waals surface area (Å²) in [5.41, 5.74) is 7.03. The van der Waals surface area contributed by atoms with Gasteiger partial charge in [0.15, 0.2) is 0 Å². The minimum absolute atomic E-state index is 0.189. The lowest BCUT2D eigenvalue weighted by molar-refractivity contribution is 0.135. The Labute approximate surface area is 121 Å². The van der Waals surface area contributed by atoms with Crippen LogP contribution >= 0.6 is 0 Å². The molecule has 4 nitrogen and oxygen atoms in total. The lowest BCUT2D eigenvalue weighted by atomic mass is 9.99. The van der Waals surface area contributed by atoms with Gasteiger partial charge >= 0.3 is 0 Å². The molecule has 3 N–H and O–H groups in total. The molecular formula is C16H25N3O. The zero-order chi connectivity index (χ0) is 14.5. The van der Waals surface area contributed by atoms with E-state index in [1.807, 2.05) is 6.07 Å². The van der Waals surface area contributed by atoms with Crippen LogP contribution < -0.4 is 5.73 Å². The van der Waals surface area contributed by atoms with Crippen LogP contribution in [-0.2, 0) is 0 Å². The summed E-state index contributed by atoms with van der Waals surface area (Å²) in [7, 11) is 0. The van der Waals surface area contributed by atoms with Crippen molar-refractivity contribution in [2.75, 3.05) is 0 Å². The van der Waals surface area contributed by atoms with E-state index in [4.69, 9.17) is 10.9 Å². The van der Waals surface area contributed by atoms with E-state index < -0.39 is 0 Å². The Morgan fingerprint density at radius 2 is 2.10 bits per heavy atom. The van der Waals surface area contributed by atoms with Gasteiger partial charge in [-0.25, -0.2) is 0 Å². The van der Waals surface area contributed by atoms with Crippen molar-refractivity contribution >= 4 is 5.84 Å². The molecular weight excluding hydrogens is 250 g/mol. The number of rotatable bonds is 5. The van der Waals surface area contributed by atoms with Crippen LogP contribution in [0.4, 0.5) is 0 Å². The second-order valence-electron chi connectivity index (χ2n) is 5.66. The van der Waals surface area contributed by atoms with Gasteiger partial charge < -0.3 is 10.9 Å². The van der Waals surface area contributed by atoms with Crippen LogP contribution in [-0.4, -0.2) is 28.0 Å². The molecule has 110 valence electrons. The van der Waals surface area contributed by atoms with E-state index in [2.05, 4.69) is 48.2 Å². The molecule has 3 atom stereocenters. The normalized spacial score (nSPS) is 25.8. The van der Waals surface area contributed by atoms with Crippen molar-refractivity contribution in [2.24, 2.45) is 10.9 Å². The summed E-state index contributed by atoms with van der Waals surface area (Å²) < 4.78 is 0. The van der Waals surface area contributed by atoms with Gasteiger partial charge in [-0.3, -0.25) is 4.90 Å². The third kappa shape index (κ3) is 3.12. The second kappa shape index (κ2) is 6.75. The lowest BCUT2D eigenvalue weighted by Crippen LogP contribution is -2.39. The zero-order valence-electron chi connectivity index (χ0n) is 12.4. The molecule has 1 aliphatic rings. The van der Waals surface area contributed by atoms with Gasteiger partial charge in [-0.15, -0.1) is 0 Å². The van der Waals surface area contributed by atoms with Crippen molar-refractivity contribution in [3.8, 4) is 0 Å². The number of benzene rings is 1. The first-order valence-corrected chi connectivity index (χ1v) is 7.46. The molecule has 1 aromatic carbocycles. The minimum atomic E-state index is 0.189. The highest BCUT2D eigenvalue weighted by Crippen LogP contribution is 2.36. The van der Waals surface area contributed by atoms with Crippen LogP contribution in [0.1, 0.15) is 51.1 Å². The van der Waals surface area contributed by atoms with E-state index in [9.17, 15) is 0 Å². The van der Waals surface area contributed by atoms with Crippen molar-refractivity contribution in [2.45, 2.75) is 57.7 Å². The molecule has 1 fully saturated rings. The topological polar surface area (TPSA) is 61.8 Å². The summed E-state index contributed by atoms with van der Waals surface area (Å²) in [5, 5.41) is 12.1. The van der Waals surface area contributed by atoms with Crippen molar-refractivity contribution in [1.29, 1.82) is 0 Å². The van der Waals surface area contributed by atoms with Gasteiger partial charge in [-0.1, -0.05) is 42.4 Å². The predicted octanol–water partition coefficient (Wildman–Crippen LogP) is 3.13. The van der Waals surface area contributed by atoms with E-state index in [1.54, 1.807) is 0 Å². The van der Waals surface area contributed by atoms with Gasteiger partial charge in [-0.2, -0.15) is 0 Å². The van der Waals surface area contributed by atoms with Crippen LogP contribution in [0.3, 0.4) is 0 Å². The van der Waals surface area contributed by atoms with Crippen molar-refractivity contribution in [1.82, 2.24) is 4.90 Å². The predicted molar refractivity (Wildman–Crippen MR) is 81.8 cm³/mol. The smallest absolute Gasteiger partial charge is 0.141 e. The number of hydrogen-bond donors (Lipinski definition) is 2. The minimum Gasteiger partial charge on any atom is -0.409 e. The number of amidine groups is 1. The summed E-state index contributed by atoms with van der Waals surface area (Å²) in [4.78, 5) is 2.55. The Bertz CT molecular complexity index is 446. The van der Waals surface area contributed by atoms with E-state index in [0.29, 0.717) is 24.3 Å². The Morgan fingerprint density at radius 3 is 2.70 bits per heavy atom. The maximum atomic E-state index is 8.91. The average molecular weight is 275 g/mol. The molecule has 2 rings (SSSR count). The molecule has 1 heterocycles. The van der Waals surface area contributed by atoms with Crippen LogP contribution in [0.25, 0.3) is 0 Å². The van der Waals surface area contributed by atoms with E-state index in [-0.39, 0.29) is 6.04 Å². The molecule has 1 saturated heterocycles. The second-order valence-corrected chi connectivity index (χ2v) is 5.66. The van der Waals surface area contributed by atoms with Crippen molar-refractivity contribution < 1.29 is 5.21 Å². The van der Waals surface area contributed by atoms with Crippen molar-refractivity contribution in [3.63, 3.8) is 0 Å². The quantitative estimate of drug-likeness (QED) is 0.375. The molecule has 20 heavy (non-hydrogen) atoms. The summed E-state index contributed by atoms with van der Waals surface area (Å²) in [6.07, 6.45) is 4.17. The fourth-order valence-corrected chi connectivity index (χ4v) is 3.38. The zero-order valence-corrected chi connectivity index (χ0v) is 12.4. The van der Waals surface area contributed by atoms with E-state index in [0.717, 1.165) is 6.42 Å². The molecule has 0 spiro atoms. The Balaban J connectivity index is 2.30. The fourth-order valence-electron chi connectivity index (χ4n) is 3.38. The highest BCUT2D eigenvalue weighted by atomic mass is 16.4. The fraction of sp³-hybridized carbons (Fsp3) is 0.562. The standard InChI is InChI=1S/C16H25N3O/c1-3-14-10-9-12(2)19(14)15(11-16(17)18-20)13-7-5-4-6-8-13/h4-8,12,14-15,20H,3,9-11H2,1-2H3,(H2,17,18).